The fraction of sp³-hybridized carbons (Fsp3) is 0.417. The molecule has 5 rings (SSSR count). The van der Waals surface area contributed by atoms with Crippen molar-refractivity contribution in [3.05, 3.63) is 51.0 Å². The summed E-state index contributed by atoms with van der Waals surface area (Å²) in [6, 6.07) is 9.73. The van der Waals surface area contributed by atoms with E-state index in [1.165, 1.54) is 0 Å². The van der Waals surface area contributed by atoms with Crippen molar-refractivity contribution < 1.29 is 9.53 Å². The molecular weight excluding hydrogens is 483 g/mol. The SMILES string of the molecule is Cc1ccc(-n2c(N3CCC(C(=O)NC4CCOC4)CC3)nc3cc(Cl)c(Cl)cc32)cc1Cl. The van der Waals surface area contributed by atoms with Crippen molar-refractivity contribution in [1.29, 1.82) is 0 Å². The molecule has 2 saturated heterocycles. The lowest BCUT2D eigenvalue weighted by Gasteiger charge is -2.33. The van der Waals surface area contributed by atoms with E-state index in [1.54, 1.807) is 6.07 Å². The lowest BCUT2D eigenvalue weighted by Crippen LogP contribution is -2.44. The highest BCUT2D eigenvalue weighted by Crippen LogP contribution is 2.35. The minimum atomic E-state index is -0.00242. The number of amides is 1. The number of anilines is 1. The molecule has 3 aromatic rings. The number of piperidine rings is 1. The van der Waals surface area contributed by atoms with Gasteiger partial charge in [-0.1, -0.05) is 40.9 Å². The van der Waals surface area contributed by atoms with Gasteiger partial charge in [-0.2, -0.15) is 0 Å². The monoisotopic (exact) mass is 506 g/mol. The first-order chi connectivity index (χ1) is 15.9. The first-order valence-corrected chi connectivity index (χ1v) is 12.3. The molecule has 2 fully saturated rings. The third-order valence-corrected chi connectivity index (χ3v) is 7.65. The standard InChI is InChI=1S/C24H25Cl3N4O2/c1-14-2-3-17(10-18(14)25)31-22-12-20(27)19(26)11-21(22)29-24(31)30-7-4-15(5-8-30)23(32)28-16-6-9-33-13-16/h2-3,10-12,15-16H,4-9,13H2,1H3,(H,28,32). The summed E-state index contributed by atoms with van der Waals surface area (Å²) < 4.78 is 7.44. The van der Waals surface area contributed by atoms with Gasteiger partial charge in [-0.3, -0.25) is 9.36 Å². The largest absolute Gasteiger partial charge is 0.379 e. The van der Waals surface area contributed by atoms with Crippen LogP contribution in [0.25, 0.3) is 16.7 Å². The van der Waals surface area contributed by atoms with E-state index in [0.29, 0.717) is 21.7 Å². The molecule has 0 saturated carbocycles. The van der Waals surface area contributed by atoms with Gasteiger partial charge in [0.2, 0.25) is 11.9 Å². The molecular formula is C24H25Cl3N4O2. The molecule has 3 heterocycles. The third-order valence-electron chi connectivity index (χ3n) is 6.52. The number of nitrogens with one attached hydrogen (secondary N) is 1. The topological polar surface area (TPSA) is 59.4 Å². The normalized spacial score (nSPS) is 19.4. The molecule has 0 radical (unpaired) electrons. The highest BCUT2D eigenvalue weighted by atomic mass is 35.5. The number of fused-ring (bicyclic) bond motifs is 1. The zero-order valence-electron chi connectivity index (χ0n) is 18.3. The Bertz CT molecular complexity index is 1200. The summed E-state index contributed by atoms with van der Waals surface area (Å²) in [6.07, 6.45) is 2.41. The highest BCUT2D eigenvalue weighted by molar-refractivity contribution is 6.42. The van der Waals surface area contributed by atoms with Crippen molar-refractivity contribution in [3.8, 4) is 5.69 Å². The van der Waals surface area contributed by atoms with Crippen LogP contribution in [-0.2, 0) is 9.53 Å². The number of halogens is 3. The lowest BCUT2D eigenvalue weighted by atomic mass is 9.95. The predicted molar refractivity (Wildman–Crippen MR) is 133 cm³/mol. The first kappa shape index (κ1) is 22.8. The molecule has 1 atom stereocenters. The van der Waals surface area contributed by atoms with Gasteiger partial charge >= 0.3 is 0 Å². The Hall–Kier alpha value is -1.99. The summed E-state index contributed by atoms with van der Waals surface area (Å²) in [5.74, 6) is 0.922. The number of carbonyl (C=O) groups excluding carboxylic acids is 1. The molecule has 2 aliphatic rings. The van der Waals surface area contributed by atoms with Gasteiger partial charge in [0.1, 0.15) is 0 Å². The highest BCUT2D eigenvalue weighted by Gasteiger charge is 2.30. The zero-order chi connectivity index (χ0) is 23.1. The number of benzene rings is 2. The third kappa shape index (κ3) is 4.54. The van der Waals surface area contributed by atoms with Crippen molar-refractivity contribution in [3.63, 3.8) is 0 Å². The maximum absolute atomic E-state index is 12.7. The average molecular weight is 508 g/mol. The van der Waals surface area contributed by atoms with Crippen molar-refractivity contribution in [2.24, 2.45) is 5.92 Å². The van der Waals surface area contributed by atoms with Crippen LogP contribution in [0, 0.1) is 12.8 Å². The second-order valence-corrected chi connectivity index (χ2v) is 9.99. The molecule has 9 heteroatoms. The van der Waals surface area contributed by atoms with E-state index < -0.39 is 0 Å². The average Bonchev–Trinajstić information content (AvgIpc) is 3.44. The van der Waals surface area contributed by atoms with Crippen LogP contribution in [0.2, 0.25) is 15.1 Å². The van der Waals surface area contributed by atoms with Crippen LogP contribution < -0.4 is 10.2 Å². The van der Waals surface area contributed by atoms with Gasteiger partial charge in [-0.05, 0) is 56.0 Å². The molecule has 0 bridgehead atoms. The van der Waals surface area contributed by atoms with Gasteiger partial charge in [-0.25, -0.2) is 4.98 Å². The van der Waals surface area contributed by atoms with Crippen LogP contribution in [0.3, 0.4) is 0 Å². The molecule has 6 nitrogen and oxygen atoms in total. The van der Waals surface area contributed by atoms with Crippen LogP contribution in [0.5, 0.6) is 0 Å². The van der Waals surface area contributed by atoms with Crippen LogP contribution >= 0.6 is 34.8 Å². The van der Waals surface area contributed by atoms with Gasteiger partial charge in [0.05, 0.1) is 39.4 Å². The smallest absolute Gasteiger partial charge is 0.223 e. The van der Waals surface area contributed by atoms with E-state index >= 15 is 0 Å². The Morgan fingerprint density at radius 3 is 2.52 bits per heavy atom. The number of nitrogens with zero attached hydrogens (tertiary/aromatic N) is 3. The fourth-order valence-electron chi connectivity index (χ4n) is 4.56. The molecule has 1 aromatic heterocycles. The molecule has 0 aliphatic carbocycles. The van der Waals surface area contributed by atoms with E-state index in [9.17, 15) is 4.79 Å². The summed E-state index contributed by atoms with van der Waals surface area (Å²) in [5, 5.41) is 4.77. The number of hydrogen-bond acceptors (Lipinski definition) is 4. The number of imidazole rings is 1. The Morgan fingerprint density at radius 1 is 1.06 bits per heavy atom. The molecule has 1 unspecified atom stereocenters. The van der Waals surface area contributed by atoms with Gasteiger partial charge in [0.15, 0.2) is 0 Å². The number of rotatable bonds is 4. The summed E-state index contributed by atoms with van der Waals surface area (Å²) in [4.78, 5) is 19.8. The van der Waals surface area contributed by atoms with Gasteiger partial charge in [-0.15, -0.1) is 0 Å². The number of ether oxygens (including phenoxy) is 1. The van der Waals surface area contributed by atoms with Crippen LogP contribution in [0.4, 0.5) is 5.95 Å². The zero-order valence-corrected chi connectivity index (χ0v) is 20.6. The minimum Gasteiger partial charge on any atom is -0.379 e. The molecule has 174 valence electrons. The number of carbonyl (C=O) groups is 1. The van der Waals surface area contributed by atoms with Gasteiger partial charge < -0.3 is 15.0 Å². The van der Waals surface area contributed by atoms with Crippen LogP contribution in [0.15, 0.2) is 30.3 Å². The Labute approximate surface area is 207 Å². The summed E-state index contributed by atoms with van der Waals surface area (Å²) in [7, 11) is 0. The lowest BCUT2D eigenvalue weighted by molar-refractivity contribution is -0.126. The van der Waals surface area contributed by atoms with Crippen LogP contribution in [0.1, 0.15) is 24.8 Å². The molecule has 2 aromatic carbocycles. The molecule has 1 amide bonds. The van der Waals surface area contributed by atoms with Crippen molar-refractivity contribution in [1.82, 2.24) is 14.9 Å². The number of hydrogen-bond donors (Lipinski definition) is 1. The van der Waals surface area contributed by atoms with Gasteiger partial charge in [0, 0.05) is 30.6 Å². The fourth-order valence-corrected chi connectivity index (χ4v) is 5.05. The Morgan fingerprint density at radius 2 is 1.82 bits per heavy atom. The summed E-state index contributed by atoms with van der Waals surface area (Å²) in [6.45, 7) is 4.76. The van der Waals surface area contributed by atoms with Crippen LogP contribution in [-0.4, -0.2) is 47.8 Å². The van der Waals surface area contributed by atoms with Gasteiger partial charge in [0.25, 0.3) is 0 Å². The summed E-state index contributed by atoms with van der Waals surface area (Å²) >= 11 is 19.1. The van der Waals surface area contributed by atoms with Crippen molar-refractivity contribution in [2.75, 3.05) is 31.2 Å². The summed E-state index contributed by atoms with van der Waals surface area (Å²) in [5.41, 5.74) is 3.53. The van der Waals surface area contributed by atoms with E-state index in [1.807, 2.05) is 31.2 Å². The quantitative estimate of drug-likeness (QED) is 0.512. The molecule has 1 N–H and O–H groups in total. The Kier molecular flexibility index (Phi) is 6.45. The van der Waals surface area contributed by atoms with E-state index in [4.69, 9.17) is 44.5 Å². The van der Waals surface area contributed by atoms with E-state index in [0.717, 1.165) is 67.2 Å². The predicted octanol–water partition coefficient (Wildman–Crippen LogP) is 5.42. The second kappa shape index (κ2) is 9.34. The minimum absolute atomic E-state index is 0.00242. The maximum Gasteiger partial charge on any atom is 0.223 e. The maximum atomic E-state index is 12.7. The van der Waals surface area contributed by atoms with Crippen molar-refractivity contribution >= 4 is 57.7 Å². The first-order valence-electron chi connectivity index (χ1n) is 11.2. The second-order valence-electron chi connectivity index (χ2n) is 8.77. The molecule has 33 heavy (non-hydrogen) atoms. The molecule has 0 spiro atoms. The van der Waals surface area contributed by atoms with E-state index in [-0.39, 0.29) is 17.9 Å². The Balaban J connectivity index is 1.44. The van der Waals surface area contributed by atoms with E-state index in [2.05, 4.69) is 14.8 Å². The molecule has 2 aliphatic heterocycles. The number of aryl methyl sites for hydroxylation is 1. The van der Waals surface area contributed by atoms with Crippen molar-refractivity contribution in [2.45, 2.75) is 32.2 Å². The number of aromatic nitrogens is 2.